The molecule has 2 aromatic heterocycles. The number of ether oxygens (including phenoxy) is 1. The maximum atomic E-state index is 11.8. The molecule has 0 amide bonds. The van der Waals surface area contributed by atoms with Crippen molar-refractivity contribution in [3.8, 4) is 22.1 Å². The van der Waals surface area contributed by atoms with E-state index in [-0.39, 0.29) is 42.5 Å². The minimum Gasteiger partial charge on any atom is -0.512 e. The third-order valence-corrected chi connectivity index (χ3v) is 8.37. The summed E-state index contributed by atoms with van der Waals surface area (Å²) in [5.41, 5.74) is 2.75. The Morgan fingerprint density at radius 3 is 2.25 bits per heavy atom. The molecule has 2 aromatic carbocycles. The maximum Gasteiger partial charge on any atom is 0.235 e. The molecule has 0 aliphatic carbocycles. The summed E-state index contributed by atoms with van der Waals surface area (Å²) in [6.45, 7) is 15.7. The number of hydrogen-bond donors (Lipinski definition) is 1. The Balaban J connectivity index is 0.000000307. The summed E-state index contributed by atoms with van der Waals surface area (Å²) in [4.78, 5) is 17.5. The Kier molecular flexibility index (Phi) is 11.9. The monoisotopic (exact) mass is 735 g/mol. The van der Waals surface area contributed by atoms with Gasteiger partial charge in [-0.3, -0.25) is 4.79 Å². The molecule has 0 bridgehead atoms. The molecule has 1 N–H and O–H groups in total. The van der Waals surface area contributed by atoms with Crippen LogP contribution < -0.4 is 4.74 Å². The van der Waals surface area contributed by atoms with Crippen LogP contribution in [0.15, 0.2) is 72.6 Å². The summed E-state index contributed by atoms with van der Waals surface area (Å²) < 4.78 is 7.11. The zero-order valence-corrected chi connectivity index (χ0v) is 27.9. The molecule has 0 spiro atoms. The molecule has 0 fully saturated rings. The van der Waals surface area contributed by atoms with Gasteiger partial charge in [0.05, 0.1) is 4.70 Å². The van der Waals surface area contributed by atoms with E-state index in [1.165, 1.54) is 16.5 Å². The van der Waals surface area contributed by atoms with Crippen LogP contribution in [-0.2, 0) is 24.9 Å². The summed E-state index contributed by atoms with van der Waals surface area (Å²) in [6.07, 6.45) is 4.78. The second-order valence-corrected chi connectivity index (χ2v) is 12.2. The number of benzene rings is 2. The summed E-state index contributed by atoms with van der Waals surface area (Å²) in [7, 11) is 0. The van der Waals surface area contributed by atoms with Gasteiger partial charge in [-0.05, 0) is 30.5 Å². The molecule has 4 aromatic rings. The van der Waals surface area contributed by atoms with Crippen molar-refractivity contribution in [1.82, 2.24) is 4.98 Å². The number of nitrogens with zero attached hydrogens (tertiary/aromatic N) is 1. The smallest absolute Gasteiger partial charge is 0.235 e. The third-order valence-electron chi connectivity index (χ3n) is 7.19. The minimum atomic E-state index is -0.377. The van der Waals surface area contributed by atoms with Crippen LogP contribution in [0.1, 0.15) is 65.5 Å². The molecule has 0 saturated heterocycles. The number of aliphatic hydroxyl groups is 1. The van der Waals surface area contributed by atoms with Gasteiger partial charge in [-0.25, -0.2) is 4.98 Å². The van der Waals surface area contributed by atoms with Gasteiger partial charge in [0.1, 0.15) is 5.76 Å². The molecule has 2 heterocycles. The summed E-state index contributed by atoms with van der Waals surface area (Å²) >= 11 is 1.70. The number of pyridine rings is 1. The maximum absolute atomic E-state index is 11.8. The summed E-state index contributed by atoms with van der Waals surface area (Å²) in [5, 5.41) is 11.0. The molecular formula is C34H40IrNO3S-. The van der Waals surface area contributed by atoms with Gasteiger partial charge in [0.15, 0.2) is 5.78 Å². The van der Waals surface area contributed by atoms with Gasteiger partial charge >= 0.3 is 0 Å². The second-order valence-electron chi connectivity index (χ2n) is 11.2. The van der Waals surface area contributed by atoms with Crippen LogP contribution in [0.2, 0.25) is 0 Å². The van der Waals surface area contributed by atoms with Crippen molar-refractivity contribution in [2.45, 2.75) is 68.2 Å². The molecule has 0 unspecified atom stereocenters. The number of carbonyl (C=O) groups excluding carboxylic acids is 1. The van der Waals surface area contributed by atoms with Crippen LogP contribution in [0.4, 0.5) is 0 Å². The Hall–Kier alpha value is -2.79. The van der Waals surface area contributed by atoms with Crippen LogP contribution in [0.25, 0.3) is 20.5 Å². The summed E-state index contributed by atoms with van der Waals surface area (Å²) in [6, 6.07) is 21.9. The van der Waals surface area contributed by atoms with E-state index in [0.29, 0.717) is 11.6 Å². The number of rotatable bonds is 8. The van der Waals surface area contributed by atoms with Gasteiger partial charge in [-0.1, -0.05) is 85.7 Å². The average Bonchev–Trinajstić information content (AvgIpc) is 3.34. The first-order chi connectivity index (χ1) is 18.4. The molecule has 4 nitrogen and oxygen atoms in total. The quantitative estimate of drug-likeness (QED) is 0.111. The molecule has 0 aliphatic rings. The standard InChI is InChI=1S/C21H16NOS.C13H24O2.Ir/c1-14-10-15(2)12-18(11-14)23-21-20-17(8-9-22-21)13-19(24-20)16-6-4-3-5-7-16;1-7-12(3,4)10(14)9-11(15)13(5,6)8-2;/h3-11,13H,1-2H3;9,14H,7-8H2,1-6H3;/q-1;;/b;10-9-;. The third kappa shape index (κ3) is 8.60. The van der Waals surface area contributed by atoms with Gasteiger partial charge in [0.25, 0.3) is 0 Å². The minimum absolute atomic E-state index is 0. The van der Waals surface area contributed by atoms with Crippen LogP contribution in [0.5, 0.6) is 11.6 Å². The first-order valence-corrected chi connectivity index (χ1v) is 14.3. The van der Waals surface area contributed by atoms with Crippen molar-refractivity contribution in [2.75, 3.05) is 0 Å². The second kappa shape index (κ2) is 14.2. The van der Waals surface area contributed by atoms with E-state index in [0.717, 1.165) is 34.1 Å². The number of carbonyl (C=O) groups is 1. The van der Waals surface area contributed by atoms with E-state index in [4.69, 9.17) is 4.74 Å². The number of aromatic nitrogens is 1. The van der Waals surface area contributed by atoms with E-state index in [1.54, 1.807) is 17.5 Å². The molecule has 40 heavy (non-hydrogen) atoms. The van der Waals surface area contributed by atoms with E-state index < -0.39 is 0 Å². The predicted molar refractivity (Wildman–Crippen MR) is 164 cm³/mol. The molecule has 0 aliphatic heterocycles. The zero-order chi connectivity index (χ0) is 28.8. The van der Waals surface area contributed by atoms with Crippen molar-refractivity contribution >= 4 is 27.2 Å². The largest absolute Gasteiger partial charge is 0.512 e. The number of aryl methyl sites for hydroxylation is 2. The predicted octanol–water partition coefficient (Wildman–Crippen LogP) is 10.0. The van der Waals surface area contributed by atoms with Crippen molar-refractivity contribution in [1.29, 1.82) is 0 Å². The van der Waals surface area contributed by atoms with E-state index >= 15 is 0 Å². The fourth-order valence-corrected chi connectivity index (χ4v) is 4.73. The van der Waals surface area contributed by atoms with Gasteiger partial charge in [-0.15, -0.1) is 23.5 Å². The van der Waals surface area contributed by atoms with Crippen molar-refractivity contribution in [2.24, 2.45) is 10.8 Å². The van der Waals surface area contributed by atoms with Gasteiger partial charge in [-0.2, -0.15) is 17.2 Å². The molecular weight excluding hydrogens is 695 g/mol. The normalized spacial score (nSPS) is 11.8. The van der Waals surface area contributed by atoms with Crippen LogP contribution in [0.3, 0.4) is 0 Å². The van der Waals surface area contributed by atoms with Crippen molar-refractivity contribution < 1.29 is 34.7 Å². The molecule has 0 atom stereocenters. The van der Waals surface area contributed by atoms with E-state index in [2.05, 4.69) is 54.4 Å². The molecule has 1 radical (unpaired) electrons. The van der Waals surface area contributed by atoms with Crippen molar-refractivity contribution in [3.05, 3.63) is 89.8 Å². The molecule has 6 heteroatoms. The number of allylic oxidation sites excluding steroid dienone is 2. The van der Waals surface area contributed by atoms with Gasteiger partial charge in [0.2, 0.25) is 5.88 Å². The van der Waals surface area contributed by atoms with Gasteiger partial charge < -0.3 is 9.84 Å². The van der Waals surface area contributed by atoms with E-state index in [1.807, 2.05) is 66.7 Å². The number of hydrogen-bond acceptors (Lipinski definition) is 5. The van der Waals surface area contributed by atoms with Crippen LogP contribution in [0, 0.1) is 30.7 Å². The molecule has 215 valence electrons. The number of fused-ring (bicyclic) bond motifs is 1. The SMILES string of the molecule is CCC(C)(C)C(=O)/C=C(\O)C(C)(C)CC.Cc1[c-]c(Oc2nccc3cc(-c4ccccc4)sc23)cc(C)c1.[Ir]. The molecule has 0 saturated carbocycles. The number of aliphatic hydroxyl groups excluding tert-OH is 1. The average molecular weight is 735 g/mol. The fraction of sp³-hybridized carbons (Fsp3) is 0.353. The first-order valence-electron chi connectivity index (χ1n) is 13.4. The number of ketones is 1. The topological polar surface area (TPSA) is 59.4 Å². The Labute approximate surface area is 256 Å². The Bertz CT molecular complexity index is 1430. The van der Waals surface area contributed by atoms with Gasteiger partial charge in [0, 0.05) is 59.2 Å². The summed E-state index contributed by atoms with van der Waals surface area (Å²) in [5.74, 6) is 1.55. The Morgan fingerprint density at radius 2 is 1.65 bits per heavy atom. The van der Waals surface area contributed by atoms with Crippen LogP contribution in [-0.4, -0.2) is 15.9 Å². The zero-order valence-electron chi connectivity index (χ0n) is 24.7. The van der Waals surface area contributed by atoms with E-state index in [9.17, 15) is 9.90 Å². The fourth-order valence-electron chi connectivity index (χ4n) is 3.64. The number of thiophene rings is 1. The van der Waals surface area contributed by atoms with Crippen LogP contribution >= 0.6 is 11.3 Å². The first kappa shape index (κ1) is 33.4. The molecule has 4 rings (SSSR count). The van der Waals surface area contributed by atoms with Crippen molar-refractivity contribution in [3.63, 3.8) is 0 Å². The Morgan fingerprint density at radius 1 is 1.00 bits per heavy atom.